The van der Waals surface area contributed by atoms with Gasteiger partial charge < -0.3 is 14.8 Å². The molecule has 3 rings (SSSR count). The molecule has 0 saturated carbocycles. The minimum absolute atomic E-state index is 0.0598. The number of halogens is 1. The highest BCUT2D eigenvalue weighted by molar-refractivity contribution is 7.15. The number of hydrogen-bond acceptors (Lipinski definition) is 8. The number of hydrogen-bond donors (Lipinski definition) is 1. The Labute approximate surface area is 154 Å². The number of anilines is 1. The van der Waals surface area contributed by atoms with Gasteiger partial charge in [0.1, 0.15) is 12.4 Å². The first-order valence-electron chi connectivity index (χ1n) is 8.14. The fourth-order valence-electron chi connectivity index (χ4n) is 2.84. The largest absolute Gasteiger partial charge is 0.481 e. The van der Waals surface area contributed by atoms with E-state index in [1.807, 2.05) is 0 Å². The van der Waals surface area contributed by atoms with E-state index in [1.54, 1.807) is 6.07 Å². The van der Waals surface area contributed by atoms with Crippen LogP contribution in [0.5, 0.6) is 11.8 Å². The Balaban J connectivity index is 1.62. The summed E-state index contributed by atoms with van der Waals surface area (Å²) in [5, 5.41) is 2.79. The van der Waals surface area contributed by atoms with E-state index < -0.39 is 5.95 Å². The molecule has 2 aromatic rings. The Bertz CT molecular complexity index is 787. The molecule has 1 fully saturated rings. The zero-order valence-electron chi connectivity index (χ0n) is 14.7. The van der Waals surface area contributed by atoms with Crippen LogP contribution in [0.3, 0.4) is 0 Å². The first-order chi connectivity index (χ1) is 12.4. The van der Waals surface area contributed by atoms with E-state index in [4.69, 9.17) is 9.47 Å². The molecule has 0 radical (unpaired) electrons. The van der Waals surface area contributed by atoms with E-state index in [9.17, 15) is 9.18 Å². The van der Waals surface area contributed by atoms with Gasteiger partial charge in [0.15, 0.2) is 5.13 Å². The van der Waals surface area contributed by atoms with Gasteiger partial charge in [-0.25, -0.2) is 9.97 Å². The highest BCUT2D eigenvalue weighted by Crippen LogP contribution is 2.28. The lowest BCUT2D eigenvalue weighted by molar-refractivity contribution is -0.114. The van der Waals surface area contributed by atoms with Gasteiger partial charge in [-0.2, -0.15) is 9.37 Å². The molecular weight excluding hydrogens is 361 g/mol. The molecule has 1 amide bonds. The highest BCUT2D eigenvalue weighted by atomic mass is 32.1. The predicted octanol–water partition coefficient (Wildman–Crippen LogP) is 2.08. The summed E-state index contributed by atoms with van der Waals surface area (Å²) < 4.78 is 25.0. The summed E-state index contributed by atoms with van der Waals surface area (Å²) >= 11 is 1.15. The van der Waals surface area contributed by atoms with E-state index in [0.29, 0.717) is 29.7 Å². The smallest absolute Gasteiger partial charge is 0.230 e. The van der Waals surface area contributed by atoms with Crippen LogP contribution in [0.25, 0.3) is 0 Å². The second-order valence-electron chi connectivity index (χ2n) is 6.07. The lowest BCUT2D eigenvalue weighted by Gasteiger charge is -2.19. The van der Waals surface area contributed by atoms with Gasteiger partial charge in [0, 0.05) is 32.5 Å². The molecule has 8 nitrogen and oxygen atoms in total. The number of ether oxygens (including phenoxy) is 2. The van der Waals surface area contributed by atoms with Crippen molar-refractivity contribution in [1.29, 1.82) is 0 Å². The fourth-order valence-corrected chi connectivity index (χ4v) is 3.75. The number of amides is 1. The second-order valence-corrected chi connectivity index (χ2v) is 7.15. The Morgan fingerprint density at radius 3 is 2.96 bits per heavy atom. The zero-order valence-corrected chi connectivity index (χ0v) is 15.5. The third-order valence-corrected chi connectivity index (χ3v) is 4.99. The van der Waals surface area contributed by atoms with Gasteiger partial charge >= 0.3 is 0 Å². The molecule has 0 spiro atoms. The number of aromatic nitrogens is 3. The number of methoxy groups -OCH3 is 1. The van der Waals surface area contributed by atoms with E-state index >= 15 is 0 Å². The van der Waals surface area contributed by atoms with Gasteiger partial charge in [-0.1, -0.05) is 11.3 Å². The Kier molecular flexibility index (Phi) is 5.62. The van der Waals surface area contributed by atoms with Crippen molar-refractivity contribution in [2.24, 2.45) is 0 Å². The van der Waals surface area contributed by atoms with Crippen molar-refractivity contribution >= 4 is 22.4 Å². The van der Waals surface area contributed by atoms with Gasteiger partial charge in [0.2, 0.25) is 23.6 Å². The molecule has 10 heteroatoms. The molecule has 0 bridgehead atoms. The van der Waals surface area contributed by atoms with Crippen molar-refractivity contribution in [2.75, 3.05) is 19.0 Å². The SMILES string of the molecule is COc1cc(OC2C[C@H](C)N(Cc3sc(NC(C)=O)nc3F)C2)ncn1. The summed E-state index contributed by atoms with van der Waals surface area (Å²) in [6.07, 6.45) is 2.13. The van der Waals surface area contributed by atoms with Crippen LogP contribution in [0.4, 0.5) is 9.52 Å². The van der Waals surface area contributed by atoms with E-state index in [-0.39, 0.29) is 23.2 Å². The van der Waals surface area contributed by atoms with Crippen LogP contribution >= 0.6 is 11.3 Å². The molecule has 0 aromatic carbocycles. The topological polar surface area (TPSA) is 89.5 Å². The Morgan fingerprint density at radius 2 is 2.23 bits per heavy atom. The van der Waals surface area contributed by atoms with Gasteiger partial charge in [-0.05, 0) is 6.92 Å². The van der Waals surface area contributed by atoms with Crippen molar-refractivity contribution < 1.29 is 18.7 Å². The van der Waals surface area contributed by atoms with Crippen molar-refractivity contribution in [3.8, 4) is 11.8 Å². The quantitative estimate of drug-likeness (QED) is 0.819. The van der Waals surface area contributed by atoms with Gasteiger partial charge in [-0.15, -0.1) is 0 Å². The number of thiazole rings is 1. The number of carbonyl (C=O) groups excluding carboxylic acids is 1. The van der Waals surface area contributed by atoms with Gasteiger partial charge in [-0.3, -0.25) is 9.69 Å². The molecule has 1 N–H and O–H groups in total. The maximum absolute atomic E-state index is 14.0. The normalized spacial score (nSPS) is 20.2. The van der Waals surface area contributed by atoms with Crippen molar-refractivity contribution in [1.82, 2.24) is 19.9 Å². The summed E-state index contributed by atoms with van der Waals surface area (Å²) in [7, 11) is 1.53. The molecule has 1 unspecified atom stereocenters. The number of nitrogens with zero attached hydrogens (tertiary/aromatic N) is 4. The van der Waals surface area contributed by atoms with Gasteiger partial charge in [0.25, 0.3) is 0 Å². The summed E-state index contributed by atoms with van der Waals surface area (Å²) in [5.41, 5.74) is 0. The standard InChI is InChI=1S/C16H20FN5O3S/c1-9-4-11(25-14-5-13(24-3)18-8-19-14)6-22(9)7-12-15(17)21-16(26-12)20-10(2)23/h5,8-9,11H,4,6-7H2,1-3H3,(H,20,21,23)/t9-,11?/m0/s1. The molecule has 1 saturated heterocycles. The first kappa shape index (κ1) is 18.5. The molecule has 26 heavy (non-hydrogen) atoms. The third-order valence-electron chi connectivity index (χ3n) is 4.06. The summed E-state index contributed by atoms with van der Waals surface area (Å²) in [6, 6.07) is 1.85. The number of nitrogens with one attached hydrogen (secondary N) is 1. The first-order valence-corrected chi connectivity index (χ1v) is 8.95. The van der Waals surface area contributed by atoms with Crippen molar-refractivity contribution in [3.63, 3.8) is 0 Å². The Morgan fingerprint density at radius 1 is 1.46 bits per heavy atom. The second kappa shape index (κ2) is 7.92. The van der Waals surface area contributed by atoms with E-state index in [0.717, 1.165) is 17.8 Å². The van der Waals surface area contributed by atoms with Crippen LogP contribution in [-0.2, 0) is 11.3 Å². The minimum Gasteiger partial charge on any atom is -0.481 e. The van der Waals surface area contributed by atoms with Crippen LogP contribution in [0, 0.1) is 5.95 Å². The number of likely N-dealkylation sites (tertiary alicyclic amines) is 1. The maximum atomic E-state index is 14.0. The van der Waals surface area contributed by atoms with Crippen LogP contribution in [0.2, 0.25) is 0 Å². The fraction of sp³-hybridized carbons (Fsp3) is 0.500. The highest BCUT2D eigenvalue weighted by Gasteiger charge is 2.32. The molecule has 1 aliphatic heterocycles. The van der Waals surface area contributed by atoms with Gasteiger partial charge in [0.05, 0.1) is 18.1 Å². The van der Waals surface area contributed by atoms with Crippen LogP contribution in [0.15, 0.2) is 12.4 Å². The maximum Gasteiger partial charge on any atom is 0.230 e. The van der Waals surface area contributed by atoms with E-state index in [2.05, 4.69) is 32.1 Å². The van der Waals surface area contributed by atoms with Crippen LogP contribution < -0.4 is 14.8 Å². The number of carbonyl (C=O) groups is 1. The molecule has 0 aliphatic carbocycles. The average Bonchev–Trinajstić information content (AvgIpc) is 3.09. The molecule has 140 valence electrons. The lowest BCUT2D eigenvalue weighted by atomic mass is 10.2. The predicted molar refractivity (Wildman–Crippen MR) is 93.9 cm³/mol. The monoisotopic (exact) mass is 381 g/mol. The summed E-state index contributed by atoms with van der Waals surface area (Å²) in [4.78, 5) is 25.5. The average molecular weight is 381 g/mol. The number of rotatable bonds is 6. The van der Waals surface area contributed by atoms with Crippen LogP contribution in [0.1, 0.15) is 25.1 Å². The molecule has 2 atom stereocenters. The Hall–Kier alpha value is -2.33. The lowest BCUT2D eigenvalue weighted by Crippen LogP contribution is -2.28. The van der Waals surface area contributed by atoms with Crippen molar-refractivity contribution in [2.45, 2.75) is 39.0 Å². The van der Waals surface area contributed by atoms with Crippen molar-refractivity contribution in [3.05, 3.63) is 23.2 Å². The third kappa shape index (κ3) is 4.44. The molecule has 2 aromatic heterocycles. The molecular formula is C16H20FN5O3S. The summed E-state index contributed by atoms with van der Waals surface area (Å²) in [6.45, 7) is 4.49. The molecule has 3 heterocycles. The zero-order chi connectivity index (χ0) is 18.7. The minimum atomic E-state index is -0.546. The van der Waals surface area contributed by atoms with Crippen LogP contribution in [-0.4, -0.2) is 51.6 Å². The molecule has 1 aliphatic rings. The van der Waals surface area contributed by atoms with E-state index in [1.165, 1.54) is 20.4 Å². The summed E-state index contributed by atoms with van der Waals surface area (Å²) in [5.74, 6) is 0.0763.